The van der Waals surface area contributed by atoms with Crippen LogP contribution >= 0.6 is 11.3 Å². The number of aromatic nitrogens is 1. The average Bonchev–Trinajstić information content (AvgIpc) is 3.37. The molecule has 0 aromatic carbocycles. The molecule has 0 radical (unpaired) electrons. The van der Waals surface area contributed by atoms with E-state index in [1.807, 2.05) is 52.2 Å². The fraction of sp³-hybridized carbons (Fsp3) is 0.725. The van der Waals surface area contributed by atoms with E-state index in [9.17, 15) is 9.59 Å². The Hall–Kier alpha value is -1.66. The van der Waals surface area contributed by atoms with Gasteiger partial charge in [0.05, 0.1) is 29.3 Å². The number of carbonyl (C=O) groups excluding carboxylic acids is 2. The smallest absolute Gasteiger partial charge is 0.309 e. The largest absolute Gasteiger partial charge is 0.457 e. The Balaban J connectivity index is 3.55. The third kappa shape index (κ3) is 13.1. The van der Waals surface area contributed by atoms with Crippen molar-refractivity contribution in [3.63, 3.8) is 0 Å². The van der Waals surface area contributed by atoms with Crippen molar-refractivity contribution in [2.45, 2.75) is 170 Å². The fourth-order valence-corrected chi connectivity index (χ4v) is 8.94. The monoisotopic (exact) mass is 733 g/mol. The summed E-state index contributed by atoms with van der Waals surface area (Å²) in [5.41, 5.74) is 0.749. The van der Waals surface area contributed by atoms with Gasteiger partial charge in [-0.1, -0.05) is 81.4 Å². The molecule has 0 N–H and O–H groups in total. The number of thiazole rings is 1. The number of rotatable bonds is 20. The van der Waals surface area contributed by atoms with Crippen molar-refractivity contribution in [2.75, 3.05) is 0 Å². The van der Waals surface area contributed by atoms with Crippen LogP contribution in [0.4, 0.5) is 0 Å². The van der Waals surface area contributed by atoms with Crippen LogP contribution < -0.4 is 0 Å². The van der Waals surface area contributed by atoms with E-state index < -0.39 is 46.1 Å². The molecular formula is C40H71NO5SSi2. The van der Waals surface area contributed by atoms with Crippen LogP contribution in [-0.4, -0.2) is 51.7 Å². The number of ketones is 1. The lowest BCUT2D eigenvalue weighted by atomic mass is 9.73. The van der Waals surface area contributed by atoms with E-state index in [2.05, 4.69) is 92.8 Å². The number of nitrogens with zero attached hydrogens (tertiary/aromatic N) is 1. The summed E-state index contributed by atoms with van der Waals surface area (Å²) in [4.78, 5) is 33.3. The predicted molar refractivity (Wildman–Crippen MR) is 215 cm³/mol. The topological polar surface area (TPSA) is 74.7 Å². The zero-order valence-electron chi connectivity index (χ0n) is 34.0. The standard InChI is InChI=1S/C40H71NO5SSi2/c1-19-21-22-24-28(3)36(46-49(17,18)39(10,11)12)30(5)37(43)40(13,14)34(45-48(15,16)38(7,8)9)26-35(42)44-33(23-20-2)29(4)25-32-27-47-31(6)41-32/h19-20,25,27-28,30,33-34,36H,1-2,21-24,26H2,3-18H3/t28-,30+,33-,34-,36-/m0/s1. The molecule has 0 aliphatic carbocycles. The highest BCUT2D eigenvalue weighted by Crippen LogP contribution is 2.44. The van der Waals surface area contributed by atoms with Crippen molar-refractivity contribution in [1.82, 2.24) is 4.98 Å². The molecule has 0 amide bonds. The van der Waals surface area contributed by atoms with E-state index in [0.29, 0.717) is 6.42 Å². The van der Waals surface area contributed by atoms with Gasteiger partial charge < -0.3 is 13.6 Å². The van der Waals surface area contributed by atoms with Gasteiger partial charge in [-0.15, -0.1) is 24.5 Å². The molecule has 5 atom stereocenters. The van der Waals surface area contributed by atoms with Gasteiger partial charge in [0, 0.05) is 23.1 Å². The maximum atomic E-state index is 14.8. The van der Waals surface area contributed by atoms with Crippen molar-refractivity contribution in [3.8, 4) is 0 Å². The molecule has 0 unspecified atom stereocenters. The molecule has 1 rings (SSSR count). The number of carbonyl (C=O) groups is 2. The van der Waals surface area contributed by atoms with Gasteiger partial charge in [0.1, 0.15) is 11.9 Å². The highest BCUT2D eigenvalue weighted by molar-refractivity contribution is 7.09. The van der Waals surface area contributed by atoms with Gasteiger partial charge in [-0.2, -0.15) is 0 Å². The second kappa shape index (κ2) is 18.2. The van der Waals surface area contributed by atoms with Gasteiger partial charge in [0.15, 0.2) is 16.6 Å². The first-order valence-corrected chi connectivity index (χ1v) is 24.8. The quantitative estimate of drug-likeness (QED) is 0.0575. The molecule has 0 saturated carbocycles. The second-order valence-electron chi connectivity index (χ2n) is 17.7. The van der Waals surface area contributed by atoms with Crippen LogP contribution in [0.15, 0.2) is 36.3 Å². The second-order valence-corrected chi connectivity index (χ2v) is 28.2. The number of ether oxygens (including phenoxy) is 1. The van der Waals surface area contributed by atoms with Crippen molar-refractivity contribution in [2.24, 2.45) is 17.3 Å². The molecular weight excluding hydrogens is 663 g/mol. The SMILES string of the molecule is C=CCCC[C@H](C)[C@H](O[Si](C)(C)C(C)(C)C)[C@@H](C)C(=O)C(C)(C)[C@H](CC(=O)O[C@@H](CC=C)C(C)=Cc1csc(C)n1)O[Si](C)(C)C(C)(C)C. The number of hydrogen-bond acceptors (Lipinski definition) is 7. The molecule has 6 nitrogen and oxygen atoms in total. The van der Waals surface area contributed by atoms with E-state index in [1.54, 1.807) is 17.4 Å². The molecule has 280 valence electrons. The third-order valence-electron chi connectivity index (χ3n) is 11.0. The molecule has 0 aliphatic heterocycles. The van der Waals surface area contributed by atoms with Gasteiger partial charge >= 0.3 is 5.97 Å². The third-order valence-corrected chi connectivity index (χ3v) is 20.7. The number of hydrogen-bond donors (Lipinski definition) is 0. The molecule has 0 fully saturated rings. The average molecular weight is 734 g/mol. The van der Waals surface area contributed by atoms with E-state index in [-0.39, 0.29) is 34.3 Å². The van der Waals surface area contributed by atoms with Gasteiger partial charge in [-0.05, 0) is 86.9 Å². The number of aryl methyl sites for hydroxylation is 1. The Kier molecular flexibility index (Phi) is 16.9. The first-order chi connectivity index (χ1) is 22.2. The van der Waals surface area contributed by atoms with Crippen LogP contribution in [0.25, 0.3) is 6.08 Å². The number of esters is 1. The summed E-state index contributed by atoms with van der Waals surface area (Å²) in [6.07, 6.45) is 7.57. The minimum absolute atomic E-state index is 0.00498. The van der Waals surface area contributed by atoms with Crippen molar-refractivity contribution in [1.29, 1.82) is 0 Å². The highest BCUT2D eigenvalue weighted by atomic mass is 32.1. The van der Waals surface area contributed by atoms with Gasteiger partial charge in [0.25, 0.3) is 0 Å². The fourth-order valence-electron chi connectivity index (χ4n) is 5.46. The van der Waals surface area contributed by atoms with Gasteiger partial charge in [-0.3, -0.25) is 9.59 Å². The van der Waals surface area contributed by atoms with E-state index in [4.69, 9.17) is 13.6 Å². The van der Waals surface area contributed by atoms with Crippen LogP contribution in [0, 0.1) is 24.2 Å². The Labute approximate surface area is 306 Å². The Morgan fingerprint density at radius 2 is 1.49 bits per heavy atom. The minimum Gasteiger partial charge on any atom is -0.457 e. The van der Waals surface area contributed by atoms with Gasteiger partial charge in [-0.25, -0.2) is 4.98 Å². The molecule has 1 aromatic rings. The number of unbranched alkanes of at least 4 members (excludes halogenated alkanes) is 1. The molecule has 0 aliphatic rings. The molecule has 1 aromatic heterocycles. The van der Waals surface area contributed by atoms with Crippen LogP contribution in [-0.2, 0) is 23.2 Å². The first kappa shape index (κ1) is 45.4. The van der Waals surface area contributed by atoms with E-state index in [0.717, 1.165) is 35.5 Å². The molecule has 1 heterocycles. The molecule has 9 heteroatoms. The first-order valence-electron chi connectivity index (χ1n) is 18.1. The zero-order chi connectivity index (χ0) is 38.2. The molecule has 0 spiro atoms. The minimum atomic E-state index is -2.41. The summed E-state index contributed by atoms with van der Waals surface area (Å²) in [6, 6.07) is 0. The highest BCUT2D eigenvalue weighted by Gasteiger charge is 2.50. The van der Waals surface area contributed by atoms with E-state index in [1.165, 1.54) is 0 Å². The number of Topliss-reactive ketones (excluding diaryl/α,β-unsaturated/α-hetero) is 1. The lowest BCUT2D eigenvalue weighted by Gasteiger charge is -2.46. The summed E-state index contributed by atoms with van der Waals surface area (Å²) >= 11 is 1.58. The van der Waals surface area contributed by atoms with E-state index >= 15 is 0 Å². The van der Waals surface area contributed by atoms with Crippen molar-refractivity contribution >= 4 is 45.8 Å². The van der Waals surface area contributed by atoms with Crippen LogP contribution in [0.1, 0.15) is 119 Å². The normalized spacial score (nSPS) is 16.8. The summed E-state index contributed by atoms with van der Waals surface area (Å²) in [7, 11) is -4.63. The Bertz CT molecular complexity index is 1280. The van der Waals surface area contributed by atoms with Crippen LogP contribution in [0.2, 0.25) is 36.3 Å². The van der Waals surface area contributed by atoms with Crippen LogP contribution in [0.3, 0.4) is 0 Å². The Morgan fingerprint density at radius 1 is 0.939 bits per heavy atom. The van der Waals surface area contributed by atoms with Crippen molar-refractivity contribution < 1.29 is 23.2 Å². The summed E-state index contributed by atoms with van der Waals surface area (Å²) in [5.74, 6) is -0.562. The lowest BCUT2D eigenvalue weighted by molar-refractivity contribution is -0.153. The molecule has 0 saturated heterocycles. The summed E-state index contributed by atoms with van der Waals surface area (Å²) < 4.78 is 20.2. The summed E-state index contributed by atoms with van der Waals surface area (Å²) in [6.45, 7) is 41.9. The van der Waals surface area contributed by atoms with Crippen LogP contribution in [0.5, 0.6) is 0 Å². The lowest BCUT2D eigenvalue weighted by Crippen LogP contribution is -2.54. The maximum absolute atomic E-state index is 14.8. The molecule has 0 bridgehead atoms. The van der Waals surface area contributed by atoms with Gasteiger partial charge in [0.2, 0.25) is 0 Å². The number of allylic oxidation sites excluding steroid dienone is 1. The molecule has 49 heavy (non-hydrogen) atoms. The Morgan fingerprint density at radius 3 is 1.96 bits per heavy atom. The van der Waals surface area contributed by atoms with Crippen molar-refractivity contribution in [3.05, 3.63) is 47.0 Å². The predicted octanol–water partition coefficient (Wildman–Crippen LogP) is 11.7. The summed E-state index contributed by atoms with van der Waals surface area (Å²) in [5, 5.41) is 2.84. The maximum Gasteiger partial charge on any atom is 0.309 e. The zero-order valence-corrected chi connectivity index (χ0v) is 36.9.